The maximum atomic E-state index is 11.7. The molecule has 1 saturated carbocycles. The van der Waals surface area contributed by atoms with Gasteiger partial charge in [0, 0.05) is 13.1 Å². The first-order valence-electron chi connectivity index (χ1n) is 8.42. The fourth-order valence-electron chi connectivity index (χ4n) is 3.78. The number of likely N-dealkylation sites (tertiary alicyclic amines) is 1. The summed E-state index contributed by atoms with van der Waals surface area (Å²) in [5.41, 5.74) is 0. The Labute approximate surface area is 129 Å². The second-order valence-electron chi connectivity index (χ2n) is 7.53. The van der Waals surface area contributed by atoms with Gasteiger partial charge in [0.1, 0.15) is 6.73 Å². The van der Waals surface area contributed by atoms with E-state index in [1.54, 1.807) is 0 Å². The molecule has 1 saturated heterocycles. The monoisotopic (exact) mass is 297 g/mol. The summed E-state index contributed by atoms with van der Waals surface area (Å²) in [4.78, 5) is 14.1. The fourth-order valence-corrected chi connectivity index (χ4v) is 3.78. The Kier molecular flexibility index (Phi) is 6.06. The zero-order chi connectivity index (χ0) is 15.4. The topological polar surface area (TPSA) is 38.8 Å². The molecule has 2 bridgehead atoms. The van der Waals surface area contributed by atoms with Gasteiger partial charge in [0.15, 0.2) is 6.79 Å². The van der Waals surface area contributed by atoms with Crippen LogP contribution in [0.5, 0.6) is 0 Å². The number of piperidine rings is 1. The van der Waals surface area contributed by atoms with E-state index in [4.69, 9.17) is 9.47 Å². The molecule has 0 radical (unpaired) electrons. The molecule has 4 heteroatoms. The van der Waals surface area contributed by atoms with Crippen LogP contribution in [0.15, 0.2) is 0 Å². The smallest absolute Gasteiger partial charge is 0.311 e. The van der Waals surface area contributed by atoms with E-state index in [9.17, 15) is 4.79 Å². The summed E-state index contributed by atoms with van der Waals surface area (Å²) in [6.45, 7) is 11.3. The van der Waals surface area contributed by atoms with Gasteiger partial charge in [-0.2, -0.15) is 0 Å². The van der Waals surface area contributed by atoms with E-state index in [0.29, 0.717) is 12.6 Å². The molecule has 4 nitrogen and oxygen atoms in total. The highest BCUT2D eigenvalue weighted by Gasteiger charge is 2.33. The summed E-state index contributed by atoms with van der Waals surface area (Å²) in [5.74, 6) is 2.63. The van der Waals surface area contributed by atoms with Crippen molar-refractivity contribution in [2.24, 2.45) is 29.6 Å². The molecule has 2 aliphatic rings. The van der Waals surface area contributed by atoms with E-state index >= 15 is 0 Å². The van der Waals surface area contributed by atoms with Crippen LogP contribution in [0.2, 0.25) is 0 Å². The van der Waals surface area contributed by atoms with Crippen LogP contribution in [0.1, 0.15) is 47.0 Å². The maximum absolute atomic E-state index is 11.7. The molecule has 2 fully saturated rings. The molecule has 0 spiro atoms. The molecule has 0 amide bonds. The minimum atomic E-state index is -0.158. The summed E-state index contributed by atoms with van der Waals surface area (Å²) < 4.78 is 10.7. The molecule has 2 rings (SSSR count). The largest absolute Gasteiger partial charge is 0.438 e. The minimum Gasteiger partial charge on any atom is -0.438 e. The zero-order valence-electron chi connectivity index (χ0n) is 14.0. The third-order valence-corrected chi connectivity index (χ3v) is 5.10. The summed E-state index contributed by atoms with van der Waals surface area (Å²) in [7, 11) is 0. The lowest BCUT2D eigenvalue weighted by Gasteiger charge is -2.43. The van der Waals surface area contributed by atoms with E-state index in [0.717, 1.165) is 30.8 Å². The lowest BCUT2D eigenvalue weighted by Crippen LogP contribution is -2.45. The first-order chi connectivity index (χ1) is 9.95. The van der Waals surface area contributed by atoms with E-state index in [-0.39, 0.29) is 18.7 Å². The van der Waals surface area contributed by atoms with Crippen molar-refractivity contribution in [3.8, 4) is 0 Å². The average Bonchev–Trinajstić information content (AvgIpc) is 2.41. The molecule has 1 heterocycles. The van der Waals surface area contributed by atoms with Gasteiger partial charge >= 0.3 is 5.97 Å². The Balaban J connectivity index is 1.62. The molecule has 0 aromatic heterocycles. The van der Waals surface area contributed by atoms with Crippen LogP contribution in [0, 0.1) is 29.6 Å². The van der Waals surface area contributed by atoms with Gasteiger partial charge in [-0.1, -0.05) is 27.7 Å². The van der Waals surface area contributed by atoms with Crippen molar-refractivity contribution in [3.63, 3.8) is 0 Å². The van der Waals surface area contributed by atoms with Crippen molar-refractivity contribution in [2.75, 3.05) is 26.6 Å². The lowest BCUT2D eigenvalue weighted by molar-refractivity contribution is -0.167. The fraction of sp³-hybridized carbons (Fsp3) is 0.941. The molecule has 0 aromatic carbocycles. The minimum absolute atomic E-state index is 0.0653. The number of hydrogen-bond acceptors (Lipinski definition) is 4. The highest BCUT2D eigenvalue weighted by atomic mass is 16.7. The van der Waals surface area contributed by atoms with Gasteiger partial charge in [-0.15, -0.1) is 0 Å². The Hall–Kier alpha value is -0.610. The average molecular weight is 297 g/mol. The normalized spacial score (nSPS) is 31.2. The van der Waals surface area contributed by atoms with Gasteiger partial charge in [0.05, 0.1) is 5.92 Å². The second kappa shape index (κ2) is 7.59. The maximum Gasteiger partial charge on any atom is 0.311 e. The van der Waals surface area contributed by atoms with Crippen LogP contribution >= 0.6 is 0 Å². The highest BCUT2D eigenvalue weighted by molar-refractivity contribution is 5.72. The molecule has 4 atom stereocenters. The molecule has 1 aliphatic heterocycles. The quantitative estimate of drug-likeness (QED) is 0.429. The summed E-state index contributed by atoms with van der Waals surface area (Å²) in [6, 6.07) is 0. The van der Waals surface area contributed by atoms with Crippen molar-refractivity contribution < 1.29 is 14.3 Å². The van der Waals surface area contributed by atoms with E-state index in [1.807, 2.05) is 20.8 Å². The predicted octanol–water partition coefficient (Wildman–Crippen LogP) is 3.12. The number of rotatable bonds is 6. The van der Waals surface area contributed by atoms with E-state index < -0.39 is 0 Å². The number of carbonyl (C=O) groups is 1. The Morgan fingerprint density at radius 3 is 2.33 bits per heavy atom. The summed E-state index contributed by atoms with van der Waals surface area (Å²) in [6.07, 6.45) is 4.10. The van der Waals surface area contributed by atoms with Gasteiger partial charge in [-0.25, -0.2) is 0 Å². The summed E-state index contributed by atoms with van der Waals surface area (Å²) >= 11 is 0. The zero-order valence-corrected chi connectivity index (χ0v) is 14.0. The first kappa shape index (κ1) is 16.8. The number of nitrogens with zero attached hydrogens (tertiary/aromatic N) is 1. The molecular weight excluding hydrogens is 266 g/mol. The van der Waals surface area contributed by atoms with Crippen molar-refractivity contribution in [3.05, 3.63) is 0 Å². The molecule has 1 aliphatic carbocycles. The molecule has 0 aromatic rings. The van der Waals surface area contributed by atoms with E-state index in [2.05, 4.69) is 11.8 Å². The molecule has 21 heavy (non-hydrogen) atoms. The molecule has 3 unspecified atom stereocenters. The lowest BCUT2D eigenvalue weighted by atomic mass is 9.73. The predicted molar refractivity (Wildman–Crippen MR) is 82.5 cm³/mol. The van der Waals surface area contributed by atoms with E-state index in [1.165, 1.54) is 19.3 Å². The number of carbonyl (C=O) groups excluding carboxylic acids is 1. The summed E-state index contributed by atoms with van der Waals surface area (Å²) in [5, 5.41) is 0. The standard InChI is InChI=1S/C17H31NO3/c1-12(2)14(4)17(19)21-11-20-10-18-8-15-5-13(3)6-16(7-15)9-18/h12-16H,5-11H2,1-4H3/t13?,14?,15-,16?/m0/s1. The molecular formula is C17H31NO3. The molecule has 122 valence electrons. The second-order valence-corrected chi connectivity index (χ2v) is 7.53. The number of fused-ring (bicyclic) bond motifs is 2. The van der Waals surface area contributed by atoms with Crippen LogP contribution in [-0.2, 0) is 14.3 Å². The van der Waals surface area contributed by atoms with Crippen LogP contribution in [0.25, 0.3) is 0 Å². The van der Waals surface area contributed by atoms with Gasteiger partial charge in [0.25, 0.3) is 0 Å². The Bertz CT molecular complexity index is 327. The number of ether oxygens (including phenoxy) is 2. The van der Waals surface area contributed by atoms with Crippen LogP contribution in [0.3, 0.4) is 0 Å². The highest BCUT2D eigenvalue weighted by Crippen LogP contribution is 2.37. The third kappa shape index (κ3) is 4.96. The van der Waals surface area contributed by atoms with Gasteiger partial charge in [0.2, 0.25) is 0 Å². The SMILES string of the molecule is CC1CC2C[C@H](C1)CN(COCOC(=O)C(C)C(C)C)C2. The van der Waals surface area contributed by atoms with Crippen molar-refractivity contribution in [1.29, 1.82) is 0 Å². The van der Waals surface area contributed by atoms with Crippen LogP contribution < -0.4 is 0 Å². The van der Waals surface area contributed by atoms with Crippen molar-refractivity contribution in [2.45, 2.75) is 47.0 Å². The van der Waals surface area contributed by atoms with Crippen LogP contribution in [-0.4, -0.2) is 37.5 Å². The van der Waals surface area contributed by atoms with Gasteiger partial charge < -0.3 is 9.47 Å². The molecule has 0 N–H and O–H groups in total. The van der Waals surface area contributed by atoms with Gasteiger partial charge in [-0.05, 0) is 42.9 Å². The Morgan fingerprint density at radius 2 is 1.76 bits per heavy atom. The third-order valence-electron chi connectivity index (χ3n) is 5.10. The number of esters is 1. The van der Waals surface area contributed by atoms with Crippen molar-refractivity contribution >= 4 is 5.97 Å². The first-order valence-corrected chi connectivity index (χ1v) is 8.42. The number of hydrogen-bond donors (Lipinski definition) is 0. The Morgan fingerprint density at radius 1 is 1.14 bits per heavy atom. The van der Waals surface area contributed by atoms with Gasteiger partial charge in [-0.3, -0.25) is 9.69 Å². The van der Waals surface area contributed by atoms with Crippen LogP contribution in [0.4, 0.5) is 0 Å². The van der Waals surface area contributed by atoms with Crippen molar-refractivity contribution in [1.82, 2.24) is 4.90 Å².